The van der Waals surface area contributed by atoms with Crippen molar-refractivity contribution < 1.29 is 19.0 Å². The van der Waals surface area contributed by atoms with Crippen molar-refractivity contribution >= 4 is 16.9 Å². The van der Waals surface area contributed by atoms with Gasteiger partial charge in [0.25, 0.3) is 0 Å². The molecule has 0 amide bonds. The predicted molar refractivity (Wildman–Crippen MR) is 138 cm³/mol. The minimum Gasteiger partial charge on any atom is -0.494 e. The standard InChI is InChI=1S/C30H31FN2O3/c31-24-12-13-28-27(18-24)26-11-4-9-23(17-29(34)35)30(26)33(28)20-22-7-3-10-25(16-22)36-15-2-1-6-21-8-5-14-32-19-21/h3,5,7-8,10,12-14,16,18-19,23H,1-2,4,6,9,11,15,17,20H2,(H,34,35). The first kappa shape index (κ1) is 24.0. The molecular weight excluding hydrogens is 455 g/mol. The fourth-order valence-corrected chi connectivity index (χ4v) is 5.47. The highest BCUT2D eigenvalue weighted by molar-refractivity contribution is 5.86. The monoisotopic (exact) mass is 486 g/mol. The van der Waals surface area contributed by atoms with Crippen molar-refractivity contribution in [2.45, 2.75) is 57.4 Å². The van der Waals surface area contributed by atoms with Crippen LogP contribution in [0.4, 0.5) is 4.39 Å². The molecule has 0 fully saturated rings. The van der Waals surface area contributed by atoms with Crippen LogP contribution in [0.5, 0.6) is 5.75 Å². The number of pyridine rings is 1. The summed E-state index contributed by atoms with van der Waals surface area (Å²) in [5.74, 6) is -0.301. The van der Waals surface area contributed by atoms with Crippen LogP contribution in [-0.4, -0.2) is 27.2 Å². The minimum absolute atomic E-state index is 0.0686. The first-order valence-electron chi connectivity index (χ1n) is 12.7. The number of unbranched alkanes of at least 4 members (excludes halogenated alkanes) is 1. The van der Waals surface area contributed by atoms with Crippen molar-refractivity contribution in [3.05, 3.63) is 95.2 Å². The highest BCUT2D eigenvalue weighted by Crippen LogP contribution is 2.41. The number of rotatable bonds is 10. The van der Waals surface area contributed by atoms with Crippen LogP contribution in [0.2, 0.25) is 0 Å². The lowest BCUT2D eigenvalue weighted by Crippen LogP contribution is -2.17. The van der Waals surface area contributed by atoms with Gasteiger partial charge in [0.15, 0.2) is 0 Å². The first-order valence-corrected chi connectivity index (χ1v) is 12.7. The van der Waals surface area contributed by atoms with Crippen LogP contribution in [0.3, 0.4) is 0 Å². The molecule has 1 N–H and O–H groups in total. The molecule has 0 radical (unpaired) electrons. The van der Waals surface area contributed by atoms with Crippen LogP contribution in [-0.2, 0) is 24.2 Å². The molecule has 36 heavy (non-hydrogen) atoms. The van der Waals surface area contributed by atoms with Crippen LogP contribution in [0, 0.1) is 5.82 Å². The van der Waals surface area contributed by atoms with Gasteiger partial charge in [0.2, 0.25) is 0 Å². The fraction of sp³-hybridized carbons (Fsp3) is 0.333. The lowest BCUT2D eigenvalue weighted by molar-refractivity contribution is -0.137. The van der Waals surface area contributed by atoms with Gasteiger partial charge in [-0.2, -0.15) is 0 Å². The number of halogens is 1. The molecule has 1 aliphatic carbocycles. The van der Waals surface area contributed by atoms with Gasteiger partial charge in [-0.3, -0.25) is 9.78 Å². The van der Waals surface area contributed by atoms with E-state index in [2.05, 4.69) is 27.8 Å². The summed E-state index contributed by atoms with van der Waals surface area (Å²) in [6, 6.07) is 17.0. The number of carboxylic acid groups (broad SMARTS) is 1. The molecule has 0 spiro atoms. The number of fused-ring (bicyclic) bond motifs is 3. The Kier molecular flexibility index (Phi) is 7.31. The summed E-state index contributed by atoms with van der Waals surface area (Å²) in [6.45, 7) is 1.23. The minimum atomic E-state index is -0.797. The average molecular weight is 487 g/mol. The largest absolute Gasteiger partial charge is 0.494 e. The Morgan fingerprint density at radius 2 is 2.00 bits per heavy atom. The molecule has 1 unspecified atom stereocenters. The van der Waals surface area contributed by atoms with E-state index >= 15 is 0 Å². The number of aliphatic carboxylic acids is 1. The summed E-state index contributed by atoms with van der Waals surface area (Å²) in [5, 5.41) is 10.4. The van der Waals surface area contributed by atoms with Gasteiger partial charge in [0, 0.05) is 41.5 Å². The van der Waals surface area contributed by atoms with Crippen molar-refractivity contribution in [3.8, 4) is 5.75 Å². The number of benzene rings is 2. The summed E-state index contributed by atoms with van der Waals surface area (Å²) in [5.41, 5.74) is 5.42. The third kappa shape index (κ3) is 5.43. The Bertz CT molecular complexity index is 1350. The van der Waals surface area contributed by atoms with E-state index < -0.39 is 5.97 Å². The molecule has 2 aromatic heterocycles. The quantitative estimate of drug-likeness (QED) is 0.259. The molecule has 5 nitrogen and oxygen atoms in total. The zero-order valence-electron chi connectivity index (χ0n) is 20.3. The highest BCUT2D eigenvalue weighted by atomic mass is 19.1. The topological polar surface area (TPSA) is 64.3 Å². The van der Waals surface area contributed by atoms with E-state index in [0.29, 0.717) is 13.2 Å². The van der Waals surface area contributed by atoms with E-state index in [4.69, 9.17) is 4.74 Å². The van der Waals surface area contributed by atoms with E-state index in [1.807, 2.05) is 30.5 Å². The van der Waals surface area contributed by atoms with Gasteiger partial charge >= 0.3 is 5.97 Å². The number of ether oxygens (including phenoxy) is 1. The summed E-state index contributed by atoms with van der Waals surface area (Å²) < 4.78 is 22.4. The summed E-state index contributed by atoms with van der Waals surface area (Å²) in [4.78, 5) is 15.8. The molecular formula is C30H31FN2O3. The maximum Gasteiger partial charge on any atom is 0.304 e. The molecule has 5 rings (SSSR count). The Morgan fingerprint density at radius 3 is 2.83 bits per heavy atom. The van der Waals surface area contributed by atoms with Gasteiger partial charge in [-0.1, -0.05) is 18.2 Å². The second-order valence-electron chi connectivity index (χ2n) is 9.61. The van der Waals surface area contributed by atoms with Crippen molar-refractivity contribution in [1.29, 1.82) is 0 Å². The maximum atomic E-state index is 14.1. The second kappa shape index (κ2) is 10.9. The van der Waals surface area contributed by atoms with E-state index in [0.717, 1.165) is 72.0 Å². The SMILES string of the molecule is O=C(O)CC1CCCc2c1n(Cc1cccc(OCCCCc3cccnc3)c1)c1ccc(F)cc21. The highest BCUT2D eigenvalue weighted by Gasteiger charge is 2.29. The second-order valence-corrected chi connectivity index (χ2v) is 9.61. The number of aryl methyl sites for hydroxylation is 2. The van der Waals surface area contributed by atoms with Gasteiger partial charge in [-0.05, 0) is 91.6 Å². The number of hydrogen-bond acceptors (Lipinski definition) is 3. The third-order valence-corrected chi connectivity index (χ3v) is 7.05. The van der Waals surface area contributed by atoms with E-state index in [1.54, 1.807) is 12.3 Å². The predicted octanol–water partition coefficient (Wildman–Crippen LogP) is 6.52. The molecule has 0 saturated heterocycles. The van der Waals surface area contributed by atoms with Gasteiger partial charge < -0.3 is 14.4 Å². The number of hydrogen-bond donors (Lipinski definition) is 1. The summed E-state index contributed by atoms with van der Waals surface area (Å²) in [7, 11) is 0. The van der Waals surface area contributed by atoms with E-state index in [1.165, 1.54) is 11.6 Å². The number of carboxylic acids is 1. The van der Waals surface area contributed by atoms with Crippen LogP contribution >= 0.6 is 0 Å². The maximum absolute atomic E-state index is 14.1. The van der Waals surface area contributed by atoms with Crippen LogP contribution in [0.15, 0.2) is 67.0 Å². The number of nitrogens with zero attached hydrogens (tertiary/aromatic N) is 2. The van der Waals surface area contributed by atoms with E-state index in [9.17, 15) is 14.3 Å². The smallest absolute Gasteiger partial charge is 0.304 e. The zero-order valence-corrected chi connectivity index (χ0v) is 20.3. The summed E-state index contributed by atoms with van der Waals surface area (Å²) in [6.07, 6.45) is 9.37. The number of carbonyl (C=O) groups is 1. The molecule has 4 aromatic rings. The van der Waals surface area contributed by atoms with Gasteiger partial charge in [-0.25, -0.2) is 4.39 Å². The van der Waals surface area contributed by atoms with Crippen molar-refractivity contribution in [1.82, 2.24) is 9.55 Å². The van der Waals surface area contributed by atoms with Crippen LogP contribution < -0.4 is 4.74 Å². The Morgan fingerprint density at radius 1 is 1.11 bits per heavy atom. The van der Waals surface area contributed by atoms with E-state index in [-0.39, 0.29) is 18.2 Å². The molecule has 6 heteroatoms. The Labute approximate surface area is 210 Å². The Balaban J connectivity index is 1.33. The molecule has 2 heterocycles. The normalized spacial score (nSPS) is 15.1. The fourth-order valence-electron chi connectivity index (χ4n) is 5.47. The van der Waals surface area contributed by atoms with Gasteiger partial charge in [0.05, 0.1) is 13.0 Å². The van der Waals surface area contributed by atoms with Crippen LogP contribution in [0.25, 0.3) is 10.9 Å². The molecule has 186 valence electrons. The third-order valence-electron chi connectivity index (χ3n) is 7.05. The molecule has 2 aromatic carbocycles. The number of aromatic nitrogens is 2. The lowest BCUT2D eigenvalue weighted by atomic mass is 9.84. The molecule has 0 aliphatic heterocycles. The molecule has 1 atom stereocenters. The van der Waals surface area contributed by atoms with Crippen molar-refractivity contribution in [3.63, 3.8) is 0 Å². The Hall–Kier alpha value is -3.67. The molecule has 0 bridgehead atoms. The molecule has 0 saturated carbocycles. The average Bonchev–Trinajstić information content (AvgIpc) is 3.18. The van der Waals surface area contributed by atoms with Crippen molar-refractivity contribution in [2.24, 2.45) is 0 Å². The molecule has 1 aliphatic rings. The first-order chi connectivity index (χ1) is 17.6. The van der Waals surface area contributed by atoms with Crippen LogP contribution in [0.1, 0.15) is 60.4 Å². The van der Waals surface area contributed by atoms with Gasteiger partial charge in [-0.15, -0.1) is 0 Å². The lowest BCUT2D eigenvalue weighted by Gasteiger charge is -2.25. The van der Waals surface area contributed by atoms with Gasteiger partial charge in [0.1, 0.15) is 11.6 Å². The zero-order chi connectivity index (χ0) is 24.9. The van der Waals surface area contributed by atoms with Crippen molar-refractivity contribution in [2.75, 3.05) is 6.61 Å². The summed E-state index contributed by atoms with van der Waals surface area (Å²) >= 11 is 0.